The zero-order chi connectivity index (χ0) is 15.6. The van der Waals surface area contributed by atoms with E-state index in [-0.39, 0.29) is 12.0 Å². The molecule has 0 spiro atoms. The Morgan fingerprint density at radius 3 is 3.00 bits per heavy atom. The first kappa shape index (κ1) is 13.0. The summed E-state index contributed by atoms with van der Waals surface area (Å²) in [5.41, 5.74) is 3.66. The maximum atomic E-state index is 14.0. The molecule has 0 aliphatic carbocycles. The lowest BCUT2D eigenvalue weighted by molar-refractivity contribution is 0.0492. The third-order valence-electron chi connectivity index (χ3n) is 5.12. The number of fused-ring (bicyclic) bond motifs is 4. The maximum Gasteiger partial charge on any atom is 0.166 e. The summed E-state index contributed by atoms with van der Waals surface area (Å²) in [4.78, 5) is 4.25. The number of nitrogens with zero attached hydrogens (tertiary/aromatic N) is 4. The van der Waals surface area contributed by atoms with Crippen molar-refractivity contribution in [2.75, 3.05) is 0 Å². The number of aryl methyl sites for hydroxylation is 1. The lowest BCUT2D eigenvalue weighted by Gasteiger charge is -2.34. The van der Waals surface area contributed by atoms with Crippen LogP contribution in [0.15, 0.2) is 43.0 Å². The number of rotatable bonds is 1. The average Bonchev–Trinajstić information content (AvgIpc) is 3.23. The minimum Gasteiger partial charge on any atom is -0.386 e. The van der Waals surface area contributed by atoms with Gasteiger partial charge in [0, 0.05) is 18.0 Å². The lowest BCUT2D eigenvalue weighted by atomic mass is 9.83. The second-order valence-corrected chi connectivity index (χ2v) is 6.22. The molecule has 0 saturated heterocycles. The zero-order valence-corrected chi connectivity index (χ0v) is 12.3. The second kappa shape index (κ2) is 4.52. The van der Waals surface area contributed by atoms with E-state index >= 15 is 0 Å². The Bertz CT molecular complexity index is 900. The number of hydrogen-bond donors (Lipinski definition) is 1. The minimum absolute atomic E-state index is 0.0262. The monoisotopic (exact) mass is 310 g/mol. The van der Waals surface area contributed by atoms with Gasteiger partial charge in [-0.15, -0.1) is 0 Å². The van der Waals surface area contributed by atoms with Gasteiger partial charge in [0.25, 0.3) is 0 Å². The Kier molecular flexibility index (Phi) is 2.56. The maximum absolute atomic E-state index is 14.0. The van der Waals surface area contributed by atoms with E-state index in [0.717, 1.165) is 17.7 Å². The van der Waals surface area contributed by atoms with Gasteiger partial charge in [-0.05, 0) is 12.0 Å². The number of halogens is 1. The van der Waals surface area contributed by atoms with Gasteiger partial charge in [-0.25, -0.2) is 9.37 Å². The molecule has 116 valence electrons. The van der Waals surface area contributed by atoms with Gasteiger partial charge in [0.1, 0.15) is 11.8 Å². The molecule has 5 rings (SSSR count). The van der Waals surface area contributed by atoms with Crippen LogP contribution in [-0.2, 0) is 6.54 Å². The second-order valence-electron chi connectivity index (χ2n) is 6.22. The summed E-state index contributed by atoms with van der Waals surface area (Å²) in [6, 6.07) is 8.14. The highest BCUT2D eigenvalue weighted by Crippen LogP contribution is 2.48. The molecule has 0 radical (unpaired) electrons. The van der Waals surface area contributed by atoms with Crippen molar-refractivity contribution in [1.82, 2.24) is 19.3 Å². The van der Waals surface area contributed by atoms with E-state index in [1.807, 2.05) is 18.3 Å². The summed E-state index contributed by atoms with van der Waals surface area (Å²) >= 11 is 0. The van der Waals surface area contributed by atoms with Gasteiger partial charge in [-0.1, -0.05) is 24.3 Å². The van der Waals surface area contributed by atoms with Crippen LogP contribution in [0.3, 0.4) is 0 Å². The topological polar surface area (TPSA) is 55.9 Å². The predicted octanol–water partition coefficient (Wildman–Crippen LogP) is 2.54. The fourth-order valence-corrected chi connectivity index (χ4v) is 4.12. The Balaban J connectivity index is 1.65. The highest BCUT2D eigenvalue weighted by molar-refractivity contribution is 5.69. The SMILES string of the molecule is O[C@@H]1c2c(F)cnn2CC[C@H]1[C@H]1c2ccccc2-c2cncn21. The molecule has 2 aromatic heterocycles. The van der Waals surface area contributed by atoms with Crippen molar-refractivity contribution in [3.63, 3.8) is 0 Å². The van der Waals surface area contributed by atoms with Gasteiger partial charge < -0.3 is 9.67 Å². The molecule has 0 fully saturated rings. The molecule has 0 amide bonds. The largest absolute Gasteiger partial charge is 0.386 e. The van der Waals surface area contributed by atoms with E-state index in [1.165, 1.54) is 11.8 Å². The number of aliphatic hydroxyl groups is 1. The first-order valence-corrected chi connectivity index (χ1v) is 7.76. The quantitative estimate of drug-likeness (QED) is 0.751. The standard InChI is InChI=1S/C17H15FN4O/c18-13-7-20-22-6-5-12(17(23)16(13)22)15-11-4-2-1-3-10(11)14-8-19-9-21(14)15/h1-4,7-9,12,15,17,23H,5-6H2/t12-,15+,17-/m0/s1. The molecule has 23 heavy (non-hydrogen) atoms. The van der Waals surface area contributed by atoms with Gasteiger partial charge in [-0.3, -0.25) is 4.68 Å². The van der Waals surface area contributed by atoms with Gasteiger partial charge in [-0.2, -0.15) is 5.10 Å². The van der Waals surface area contributed by atoms with Crippen molar-refractivity contribution in [1.29, 1.82) is 0 Å². The third-order valence-corrected chi connectivity index (χ3v) is 5.12. The van der Waals surface area contributed by atoms with Gasteiger partial charge in [0.05, 0.1) is 30.5 Å². The van der Waals surface area contributed by atoms with E-state index in [0.29, 0.717) is 12.2 Å². The van der Waals surface area contributed by atoms with E-state index in [2.05, 4.69) is 26.8 Å². The smallest absolute Gasteiger partial charge is 0.166 e. The summed E-state index contributed by atoms with van der Waals surface area (Å²) < 4.78 is 17.7. The van der Waals surface area contributed by atoms with Crippen molar-refractivity contribution in [3.05, 3.63) is 60.1 Å². The minimum atomic E-state index is -0.877. The molecule has 5 nitrogen and oxygen atoms in total. The predicted molar refractivity (Wildman–Crippen MR) is 81.1 cm³/mol. The molecule has 6 heteroatoms. The van der Waals surface area contributed by atoms with Gasteiger partial charge >= 0.3 is 0 Å². The highest BCUT2D eigenvalue weighted by Gasteiger charge is 2.42. The molecular formula is C17H15FN4O. The van der Waals surface area contributed by atoms with E-state index in [1.54, 1.807) is 11.0 Å². The van der Waals surface area contributed by atoms with Crippen LogP contribution < -0.4 is 0 Å². The Labute approximate surface area is 132 Å². The number of benzene rings is 1. The summed E-state index contributed by atoms with van der Waals surface area (Å²) in [7, 11) is 0. The number of aromatic nitrogens is 4. The van der Waals surface area contributed by atoms with Crippen molar-refractivity contribution in [2.45, 2.75) is 25.1 Å². The molecule has 3 atom stereocenters. The van der Waals surface area contributed by atoms with Crippen LogP contribution in [0.5, 0.6) is 0 Å². The number of aliphatic hydroxyl groups excluding tert-OH is 1. The van der Waals surface area contributed by atoms with E-state index in [9.17, 15) is 9.50 Å². The van der Waals surface area contributed by atoms with Crippen LogP contribution in [0.2, 0.25) is 0 Å². The molecular weight excluding hydrogens is 295 g/mol. The molecule has 1 N–H and O–H groups in total. The summed E-state index contributed by atoms with van der Waals surface area (Å²) in [6.07, 6.45) is 4.70. The van der Waals surface area contributed by atoms with Crippen LogP contribution in [0.1, 0.15) is 29.8 Å². The number of hydrogen-bond acceptors (Lipinski definition) is 3. The molecule has 0 bridgehead atoms. The molecule has 0 saturated carbocycles. The average molecular weight is 310 g/mol. The molecule has 2 aliphatic rings. The molecule has 3 aromatic rings. The Hall–Kier alpha value is -2.47. The normalized spacial score (nSPS) is 25.0. The fraction of sp³-hybridized carbons (Fsp3) is 0.294. The Morgan fingerprint density at radius 1 is 1.22 bits per heavy atom. The van der Waals surface area contributed by atoms with Crippen molar-refractivity contribution in [2.24, 2.45) is 5.92 Å². The summed E-state index contributed by atoms with van der Waals surface area (Å²) in [5.74, 6) is -0.537. The lowest BCUT2D eigenvalue weighted by Crippen LogP contribution is -2.31. The zero-order valence-electron chi connectivity index (χ0n) is 12.3. The first-order chi connectivity index (χ1) is 11.3. The molecule has 4 heterocycles. The summed E-state index contributed by atoms with van der Waals surface area (Å²) in [5, 5.41) is 14.8. The van der Waals surface area contributed by atoms with Crippen LogP contribution in [0.25, 0.3) is 11.3 Å². The van der Waals surface area contributed by atoms with E-state index in [4.69, 9.17) is 0 Å². The first-order valence-electron chi connectivity index (χ1n) is 7.76. The number of imidazole rings is 1. The van der Waals surface area contributed by atoms with Crippen molar-refractivity contribution < 1.29 is 9.50 Å². The van der Waals surface area contributed by atoms with Crippen molar-refractivity contribution in [3.8, 4) is 11.3 Å². The van der Waals surface area contributed by atoms with Crippen LogP contribution >= 0.6 is 0 Å². The highest BCUT2D eigenvalue weighted by atomic mass is 19.1. The molecule has 1 aromatic carbocycles. The van der Waals surface area contributed by atoms with E-state index < -0.39 is 11.9 Å². The Morgan fingerprint density at radius 2 is 2.09 bits per heavy atom. The molecule has 2 aliphatic heterocycles. The van der Waals surface area contributed by atoms with Crippen LogP contribution in [0, 0.1) is 11.7 Å². The van der Waals surface area contributed by atoms with Gasteiger partial charge in [0.2, 0.25) is 0 Å². The third kappa shape index (κ3) is 1.64. The van der Waals surface area contributed by atoms with Crippen LogP contribution in [0.4, 0.5) is 4.39 Å². The van der Waals surface area contributed by atoms with Gasteiger partial charge in [0.15, 0.2) is 5.82 Å². The molecule has 0 unspecified atom stereocenters. The van der Waals surface area contributed by atoms with Crippen LogP contribution in [-0.4, -0.2) is 24.4 Å². The fourth-order valence-electron chi connectivity index (χ4n) is 4.12. The van der Waals surface area contributed by atoms with Crippen molar-refractivity contribution >= 4 is 0 Å². The summed E-state index contributed by atoms with van der Waals surface area (Å²) in [6.45, 7) is 0.615.